The molecule has 3 heterocycles. The van der Waals surface area contributed by atoms with E-state index in [9.17, 15) is 18.0 Å². The van der Waals surface area contributed by atoms with Crippen LogP contribution < -0.4 is 9.64 Å². The minimum absolute atomic E-state index is 0.0207. The maximum atomic E-state index is 12.7. The van der Waals surface area contributed by atoms with Crippen LogP contribution in [0, 0.1) is 0 Å². The summed E-state index contributed by atoms with van der Waals surface area (Å²) in [5, 5.41) is 9.26. The number of hydrogen-bond donors (Lipinski definition) is 0. The largest absolute Gasteiger partial charge is 0.573 e. The predicted octanol–water partition coefficient (Wildman–Crippen LogP) is 7.77. The summed E-state index contributed by atoms with van der Waals surface area (Å²) in [5.41, 5.74) is 5.26. The SMILES string of the molecule is CC(C)c1ccccc1N1C(=O)CS/C1=N\N=C/c1ccc2c(c1)SCn1c(-c3ccc(OC(F)(F)F)cc3)cnc1-2. The van der Waals surface area contributed by atoms with Gasteiger partial charge in [0.15, 0.2) is 5.17 Å². The molecule has 1 aromatic heterocycles. The number of alkyl halides is 3. The van der Waals surface area contributed by atoms with Crippen LogP contribution in [0.15, 0.2) is 88.0 Å². The summed E-state index contributed by atoms with van der Waals surface area (Å²) in [7, 11) is 0. The molecule has 0 N–H and O–H groups in total. The topological polar surface area (TPSA) is 72.1 Å². The van der Waals surface area contributed by atoms with Crippen LogP contribution >= 0.6 is 23.5 Å². The van der Waals surface area contributed by atoms with Crippen LogP contribution in [0.5, 0.6) is 5.75 Å². The van der Waals surface area contributed by atoms with E-state index in [2.05, 4.69) is 33.8 Å². The van der Waals surface area contributed by atoms with Gasteiger partial charge in [-0.3, -0.25) is 9.69 Å². The van der Waals surface area contributed by atoms with Gasteiger partial charge in [-0.1, -0.05) is 49.9 Å². The highest BCUT2D eigenvalue weighted by Gasteiger charge is 2.32. The fraction of sp³-hybridized carbons (Fsp3) is 0.200. The number of fused-ring (bicyclic) bond motifs is 3. The van der Waals surface area contributed by atoms with E-state index in [4.69, 9.17) is 0 Å². The number of amides is 1. The second-order valence-corrected chi connectivity index (χ2v) is 11.8. The van der Waals surface area contributed by atoms with Crippen molar-refractivity contribution in [1.29, 1.82) is 0 Å². The van der Waals surface area contributed by atoms with E-state index in [0.29, 0.717) is 16.8 Å². The number of carbonyl (C=O) groups excluding carboxylic acids is 1. The summed E-state index contributed by atoms with van der Waals surface area (Å²) in [5.74, 6) is 1.64. The molecule has 0 unspecified atom stereocenters. The molecule has 0 bridgehead atoms. The highest BCUT2D eigenvalue weighted by atomic mass is 32.2. The quantitative estimate of drug-likeness (QED) is 0.165. The third-order valence-corrected chi connectivity index (χ3v) is 8.70. The van der Waals surface area contributed by atoms with E-state index >= 15 is 0 Å². The van der Waals surface area contributed by atoms with Gasteiger partial charge in [0, 0.05) is 16.0 Å². The number of thioether (sulfide) groups is 2. The number of aromatic nitrogens is 2. The van der Waals surface area contributed by atoms with Crippen molar-refractivity contribution in [1.82, 2.24) is 9.55 Å². The second kappa shape index (κ2) is 11.3. The Morgan fingerprint density at radius 3 is 2.60 bits per heavy atom. The van der Waals surface area contributed by atoms with Crippen molar-refractivity contribution in [3.05, 3.63) is 84.1 Å². The Labute approximate surface area is 248 Å². The molecular weight excluding hydrogens is 583 g/mol. The number of rotatable bonds is 6. The van der Waals surface area contributed by atoms with Gasteiger partial charge in [-0.2, -0.15) is 5.10 Å². The standard InChI is InChI=1S/C30H24F3N5O2S2/c1-18(2)22-5-3-4-6-24(22)38-27(39)16-41-29(38)36-35-14-19-7-12-23-26(13-19)42-17-37-25(15-34-28(23)37)20-8-10-21(11-9-20)40-30(31,32)33/h3-15,18H,16-17H2,1-2H3/b35-14-,36-29-. The second-order valence-electron chi connectivity index (χ2n) is 9.85. The van der Waals surface area contributed by atoms with Crippen molar-refractivity contribution >= 4 is 46.5 Å². The number of nitrogens with zero attached hydrogens (tertiary/aromatic N) is 5. The fourth-order valence-electron chi connectivity index (χ4n) is 4.83. The Balaban J connectivity index is 1.21. The molecule has 1 amide bonds. The molecule has 2 aliphatic rings. The third-order valence-electron chi connectivity index (χ3n) is 6.75. The molecule has 1 saturated heterocycles. The van der Waals surface area contributed by atoms with Gasteiger partial charge in [-0.25, -0.2) is 4.98 Å². The van der Waals surface area contributed by atoms with E-state index in [1.54, 1.807) is 41.2 Å². The molecule has 42 heavy (non-hydrogen) atoms. The van der Waals surface area contributed by atoms with E-state index in [1.807, 2.05) is 47.0 Å². The Morgan fingerprint density at radius 1 is 1.05 bits per heavy atom. The number of halogens is 3. The lowest BCUT2D eigenvalue weighted by atomic mass is 10.0. The van der Waals surface area contributed by atoms with Gasteiger partial charge >= 0.3 is 6.36 Å². The first kappa shape index (κ1) is 28.1. The van der Waals surface area contributed by atoms with Gasteiger partial charge in [-0.15, -0.1) is 30.0 Å². The van der Waals surface area contributed by atoms with Crippen LogP contribution in [0.25, 0.3) is 22.6 Å². The van der Waals surface area contributed by atoms with Gasteiger partial charge in [0.1, 0.15) is 11.6 Å². The molecule has 4 aromatic rings. The highest BCUT2D eigenvalue weighted by molar-refractivity contribution is 8.15. The lowest BCUT2D eigenvalue weighted by molar-refractivity contribution is -0.274. The average Bonchev–Trinajstić information content (AvgIpc) is 3.56. The molecule has 214 valence electrons. The van der Waals surface area contributed by atoms with Crippen LogP contribution in [-0.4, -0.2) is 39.0 Å². The number of amidine groups is 1. The maximum Gasteiger partial charge on any atom is 0.573 e. The molecule has 0 radical (unpaired) electrons. The van der Waals surface area contributed by atoms with Crippen molar-refractivity contribution in [2.24, 2.45) is 10.2 Å². The van der Waals surface area contributed by atoms with Crippen molar-refractivity contribution in [3.63, 3.8) is 0 Å². The van der Waals surface area contributed by atoms with Gasteiger partial charge < -0.3 is 9.30 Å². The predicted molar refractivity (Wildman–Crippen MR) is 161 cm³/mol. The van der Waals surface area contributed by atoms with E-state index < -0.39 is 6.36 Å². The Kier molecular flexibility index (Phi) is 7.58. The first-order chi connectivity index (χ1) is 20.2. The summed E-state index contributed by atoms with van der Waals surface area (Å²) in [4.78, 5) is 20.0. The maximum absolute atomic E-state index is 12.7. The summed E-state index contributed by atoms with van der Waals surface area (Å²) < 4.78 is 43.5. The minimum Gasteiger partial charge on any atom is -0.406 e. The molecule has 0 saturated carbocycles. The zero-order valence-electron chi connectivity index (χ0n) is 22.5. The minimum atomic E-state index is -4.73. The molecule has 7 nitrogen and oxygen atoms in total. The fourth-order valence-corrected chi connectivity index (χ4v) is 6.71. The number of imidazole rings is 1. The van der Waals surface area contributed by atoms with Crippen molar-refractivity contribution in [3.8, 4) is 28.4 Å². The summed E-state index contributed by atoms with van der Waals surface area (Å²) >= 11 is 2.99. The molecule has 0 aliphatic carbocycles. The van der Waals surface area contributed by atoms with Crippen LogP contribution in [0.2, 0.25) is 0 Å². The lowest BCUT2D eigenvalue weighted by Crippen LogP contribution is -2.30. The van der Waals surface area contributed by atoms with Crippen LogP contribution in [-0.2, 0) is 10.7 Å². The van der Waals surface area contributed by atoms with E-state index in [0.717, 1.165) is 44.4 Å². The molecule has 0 atom stereocenters. The van der Waals surface area contributed by atoms with Crippen LogP contribution in [0.1, 0.15) is 30.9 Å². The first-order valence-corrected chi connectivity index (χ1v) is 15.0. The summed E-state index contributed by atoms with van der Waals surface area (Å²) in [6, 6.07) is 19.5. The number of benzene rings is 3. The Hall–Kier alpha value is -4.03. The zero-order chi connectivity index (χ0) is 29.4. The molecule has 12 heteroatoms. The number of hydrogen-bond acceptors (Lipinski definition) is 7. The molecule has 0 spiro atoms. The molecule has 2 aliphatic heterocycles. The average molecular weight is 608 g/mol. The van der Waals surface area contributed by atoms with Crippen molar-refractivity contribution in [2.45, 2.75) is 36.9 Å². The Bertz CT molecular complexity index is 1710. The van der Waals surface area contributed by atoms with Crippen LogP contribution in [0.4, 0.5) is 18.9 Å². The number of ether oxygens (including phenoxy) is 1. The van der Waals surface area contributed by atoms with E-state index in [-0.39, 0.29) is 17.6 Å². The van der Waals surface area contributed by atoms with Crippen molar-refractivity contribution in [2.75, 3.05) is 10.7 Å². The smallest absolute Gasteiger partial charge is 0.406 e. The molecule has 1 fully saturated rings. The van der Waals surface area contributed by atoms with Crippen molar-refractivity contribution < 1.29 is 22.7 Å². The monoisotopic (exact) mass is 607 g/mol. The summed E-state index contributed by atoms with van der Waals surface area (Å²) in [6.45, 7) is 4.19. The molecular formula is C30H24F3N5O2S2. The van der Waals surface area contributed by atoms with Gasteiger partial charge in [0.2, 0.25) is 5.91 Å². The zero-order valence-corrected chi connectivity index (χ0v) is 24.1. The third kappa shape index (κ3) is 5.68. The van der Waals surface area contributed by atoms with Crippen LogP contribution in [0.3, 0.4) is 0 Å². The first-order valence-electron chi connectivity index (χ1n) is 13.0. The Morgan fingerprint density at radius 2 is 1.83 bits per heavy atom. The summed E-state index contributed by atoms with van der Waals surface area (Å²) in [6.07, 6.45) is -1.34. The van der Waals surface area contributed by atoms with Gasteiger partial charge in [0.05, 0.1) is 35.4 Å². The number of carbonyl (C=O) groups is 1. The van der Waals surface area contributed by atoms with Gasteiger partial charge in [-0.05, 0) is 59.5 Å². The van der Waals surface area contributed by atoms with E-state index in [1.165, 1.54) is 23.9 Å². The normalized spacial score (nSPS) is 16.0. The van der Waals surface area contributed by atoms with Gasteiger partial charge in [0.25, 0.3) is 0 Å². The number of anilines is 1. The molecule has 3 aromatic carbocycles. The highest BCUT2D eigenvalue weighted by Crippen LogP contribution is 2.41. The molecule has 6 rings (SSSR count). The number of para-hydroxylation sites is 1. The lowest BCUT2D eigenvalue weighted by Gasteiger charge is -2.21.